The molecule has 0 fully saturated rings. The number of hydrogen-bond acceptors (Lipinski definition) is 4. The maximum absolute atomic E-state index is 5.83. The Hall–Kier alpha value is -1.39. The van der Waals surface area contributed by atoms with Gasteiger partial charge in [-0.3, -0.25) is 0 Å². The highest BCUT2D eigenvalue weighted by Gasteiger charge is 2.09. The van der Waals surface area contributed by atoms with Crippen LogP contribution >= 0.6 is 11.3 Å². The van der Waals surface area contributed by atoms with Crippen molar-refractivity contribution >= 4 is 11.3 Å². The van der Waals surface area contributed by atoms with Crippen LogP contribution in [-0.4, -0.2) is 4.98 Å². The predicted molar refractivity (Wildman–Crippen MR) is 84.2 cm³/mol. The first-order chi connectivity index (χ1) is 9.76. The van der Waals surface area contributed by atoms with Crippen LogP contribution < -0.4 is 10.5 Å². The molecule has 4 heteroatoms. The van der Waals surface area contributed by atoms with Gasteiger partial charge in [0.2, 0.25) is 0 Å². The van der Waals surface area contributed by atoms with Crippen LogP contribution in [0.4, 0.5) is 0 Å². The van der Waals surface area contributed by atoms with Gasteiger partial charge in [0.1, 0.15) is 17.4 Å². The Morgan fingerprint density at radius 1 is 1.30 bits per heavy atom. The molecule has 20 heavy (non-hydrogen) atoms. The molecule has 108 valence electrons. The third kappa shape index (κ3) is 3.81. The summed E-state index contributed by atoms with van der Waals surface area (Å²) in [4.78, 5) is 5.83. The van der Waals surface area contributed by atoms with E-state index < -0.39 is 0 Å². The number of ether oxygens (including phenoxy) is 1. The van der Waals surface area contributed by atoms with Crippen LogP contribution in [0.25, 0.3) is 0 Å². The van der Waals surface area contributed by atoms with Gasteiger partial charge in [-0.2, -0.15) is 0 Å². The van der Waals surface area contributed by atoms with Gasteiger partial charge in [-0.05, 0) is 30.5 Å². The van der Waals surface area contributed by atoms with Crippen LogP contribution in [0.15, 0.2) is 24.3 Å². The summed E-state index contributed by atoms with van der Waals surface area (Å²) in [6.07, 6.45) is 3.11. The number of aryl methyl sites for hydroxylation is 2. The Balaban J connectivity index is 2.02. The SMILES string of the molecule is CCCc1nc(COc2cccc(CC)c2)sc1CN. The Morgan fingerprint density at radius 2 is 2.15 bits per heavy atom. The molecular formula is C16H22N2OS. The Bertz CT molecular complexity index is 551. The van der Waals surface area contributed by atoms with Crippen molar-refractivity contribution in [1.82, 2.24) is 4.98 Å². The molecule has 3 nitrogen and oxygen atoms in total. The zero-order chi connectivity index (χ0) is 14.4. The highest BCUT2D eigenvalue weighted by atomic mass is 32.1. The molecule has 0 atom stereocenters. The fourth-order valence-electron chi connectivity index (χ4n) is 2.09. The van der Waals surface area contributed by atoms with Crippen molar-refractivity contribution in [2.24, 2.45) is 5.73 Å². The maximum Gasteiger partial charge on any atom is 0.140 e. The quantitative estimate of drug-likeness (QED) is 0.846. The number of nitrogens with zero attached hydrogens (tertiary/aromatic N) is 1. The number of nitrogens with two attached hydrogens (primary N) is 1. The molecule has 0 aliphatic rings. The van der Waals surface area contributed by atoms with Crippen LogP contribution in [0.5, 0.6) is 5.75 Å². The smallest absolute Gasteiger partial charge is 0.140 e. The summed E-state index contributed by atoms with van der Waals surface area (Å²) in [7, 11) is 0. The molecule has 1 aromatic carbocycles. The van der Waals surface area contributed by atoms with Gasteiger partial charge < -0.3 is 10.5 Å². The molecule has 0 saturated heterocycles. The van der Waals surface area contributed by atoms with Crippen molar-refractivity contribution in [3.8, 4) is 5.75 Å². The van der Waals surface area contributed by atoms with Crippen LogP contribution in [0.2, 0.25) is 0 Å². The van der Waals surface area contributed by atoms with Crippen LogP contribution in [0, 0.1) is 0 Å². The third-order valence-electron chi connectivity index (χ3n) is 3.16. The number of benzene rings is 1. The molecule has 0 amide bonds. The first-order valence-electron chi connectivity index (χ1n) is 7.16. The minimum Gasteiger partial charge on any atom is -0.486 e. The van der Waals surface area contributed by atoms with E-state index in [1.807, 2.05) is 12.1 Å². The maximum atomic E-state index is 5.83. The normalized spacial score (nSPS) is 10.8. The Kier molecular flexibility index (Phi) is 5.56. The van der Waals surface area contributed by atoms with Gasteiger partial charge in [0.15, 0.2) is 0 Å². The molecule has 0 aliphatic carbocycles. The second-order valence-electron chi connectivity index (χ2n) is 4.72. The number of thiazole rings is 1. The molecule has 2 N–H and O–H groups in total. The first kappa shape index (κ1) is 15.0. The molecule has 2 rings (SSSR count). The summed E-state index contributed by atoms with van der Waals surface area (Å²) in [5.74, 6) is 0.908. The van der Waals surface area contributed by atoms with E-state index in [2.05, 4.69) is 31.0 Å². The van der Waals surface area contributed by atoms with Gasteiger partial charge >= 0.3 is 0 Å². The van der Waals surface area contributed by atoms with Crippen LogP contribution in [0.3, 0.4) is 0 Å². The number of hydrogen-bond donors (Lipinski definition) is 1. The second-order valence-corrected chi connectivity index (χ2v) is 5.89. The monoisotopic (exact) mass is 290 g/mol. The molecule has 2 aromatic rings. The van der Waals surface area contributed by atoms with Crippen molar-refractivity contribution in [3.05, 3.63) is 45.4 Å². The van der Waals surface area contributed by atoms with E-state index in [0.29, 0.717) is 13.2 Å². The zero-order valence-electron chi connectivity index (χ0n) is 12.2. The minimum atomic E-state index is 0.522. The largest absolute Gasteiger partial charge is 0.486 e. The summed E-state index contributed by atoms with van der Waals surface area (Å²) < 4.78 is 5.83. The van der Waals surface area contributed by atoms with Crippen LogP contribution in [0.1, 0.15) is 41.4 Å². The molecule has 1 heterocycles. The standard InChI is InChI=1S/C16H22N2OS/c1-3-6-14-15(10-17)20-16(18-14)11-19-13-8-5-7-12(4-2)9-13/h5,7-9H,3-4,6,10-11,17H2,1-2H3. The fraction of sp³-hybridized carbons (Fsp3) is 0.438. The van der Waals surface area contributed by atoms with E-state index in [-0.39, 0.29) is 0 Å². The Morgan fingerprint density at radius 3 is 2.85 bits per heavy atom. The average molecular weight is 290 g/mol. The first-order valence-corrected chi connectivity index (χ1v) is 7.97. The lowest BCUT2D eigenvalue weighted by atomic mass is 10.2. The van der Waals surface area contributed by atoms with E-state index in [1.54, 1.807) is 11.3 Å². The molecule has 0 saturated carbocycles. The summed E-state index contributed by atoms with van der Waals surface area (Å²) >= 11 is 1.67. The van der Waals surface area contributed by atoms with Gasteiger partial charge in [0.05, 0.1) is 5.69 Å². The molecular weight excluding hydrogens is 268 g/mol. The summed E-state index contributed by atoms with van der Waals surface area (Å²) in [6, 6.07) is 8.22. The second kappa shape index (κ2) is 7.41. The Labute approximate surface area is 124 Å². The summed E-state index contributed by atoms with van der Waals surface area (Å²) in [5, 5.41) is 1.01. The molecule has 0 aliphatic heterocycles. The molecule has 0 unspecified atom stereocenters. The van der Waals surface area contributed by atoms with Gasteiger partial charge in [0.25, 0.3) is 0 Å². The lowest BCUT2D eigenvalue weighted by molar-refractivity contribution is 0.305. The highest BCUT2D eigenvalue weighted by Crippen LogP contribution is 2.22. The number of aromatic nitrogens is 1. The van der Waals surface area contributed by atoms with Gasteiger partial charge in [-0.15, -0.1) is 11.3 Å². The lowest BCUT2D eigenvalue weighted by Gasteiger charge is -2.05. The van der Waals surface area contributed by atoms with Crippen molar-refractivity contribution < 1.29 is 4.74 Å². The van der Waals surface area contributed by atoms with Gasteiger partial charge in [-0.25, -0.2) is 4.98 Å². The average Bonchev–Trinajstić information content (AvgIpc) is 2.88. The zero-order valence-corrected chi connectivity index (χ0v) is 13.0. The minimum absolute atomic E-state index is 0.522. The summed E-state index contributed by atoms with van der Waals surface area (Å²) in [5.41, 5.74) is 8.20. The highest BCUT2D eigenvalue weighted by molar-refractivity contribution is 7.11. The third-order valence-corrected chi connectivity index (χ3v) is 4.26. The summed E-state index contributed by atoms with van der Waals surface area (Å²) in [6.45, 7) is 5.39. The van der Waals surface area contributed by atoms with E-state index in [9.17, 15) is 0 Å². The van der Waals surface area contributed by atoms with Crippen LogP contribution in [-0.2, 0) is 26.0 Å². The molecule has 0 bridgehead atoms. The molecule has 0 spiro atoms. The van der Waals surface area contributed by atoms with Crippen molar-refractivity contribution in [1.29, 1.82) is 0 Å². The lowest BCUT2D eigenvalue weighted by Crippen LogP contribution is -1.98. The molecule has 0 radical (unpaired) electrons. The molecule has 1 aromatic heterocycles. The van der Waals surface area contributed by atoms with E-state index in [1.165, 1.54) is 10.4 Å². The topological polar surface area (TPSA) is 48.1 Å². The van der Waals surface area contributed by atoms with Crippen molar-refractivity contribution in [3.63, 3.8) is 0 Å². The van der Waals surface area contributed by atoms with Gasteiger partial charge in [-0.1, -0.05) is 32.4 Å². The van der Waals surface area contributed by atoms with E-state index >= 15 is 0 Å². The fourth-order valence-corrected chi connectivity index (χ4v) is 3.00. The van der Waals surface area contributed by atoms with E-state index in [4.69, 9.17) is 10.5 Å². The predicted octanol–water partition coefficient (Wildman–Crippen LogP) is 3.70. The van der Waals surface area contributed by atoms with E-state index in [0.717, 1.165) is 35.7 Å². The van der Waals surface area contributed by atoms with Gasteiger partial charge in [0, 0.05) is 11.4 Å². The number of rotatable bonds is 7. The van der Waals surface area contributed by atoms with Crippen molar-refractivity contribution in [2.45, 2.75) is 46.3 Å². The van der Waals surface area contributed by atoms with Crippen molar-refractivity contribution in [2.75, 3.05) is 0 Å².